The van der Waals surface area contributed by atoms with Gasteiger partial charge in [0.05, 0.1) is 21.1 Å². The smallest absolute Gasteiger partial charge is 0.309 e. The average molecular weight is 486 g/mol. The molecule has 0 aliphatic heterocycles. The van der Waals surface area contributed by atoms with Gasteiger partial charge >= 0.3 is 5.97 Å². The number of rotatable bonds is 19. The summed E-state index contributed by atoms with van der Waals surface area (Å²) in [6.45, 7) is -0.690. The largest absolute Gasteiger partial charge is 0.770 e. The lowest BCUT2D eigenvalue weighted by Crippen LogP contribution is -2.37. The van der Waals surface area contributed by atoms with E-state index in [0.29, 0.717) is 17.4 Å². The lowest BCUT2D eigenvalue weighted by molar-refractivity contribution is -0.870. The van der Waals surface area contributed by atoms with E-state index in [2.05, 4.69) is 49.5 Å². The second-order valence-corrected chi connectivity index (χ2v) is 11.4. The zero-order valence-corrected chi connectivity index (χ0v) is 22.3. The van der Waals surface area contributed by atoms with Gasteiger partial charge in [0, 0.05) is 6.42 Å². The number of carbonyl (C=O) groups excluding carboxylic acids is 1. The van der Waals surface area contributed by atoms with Crippen molar-refractivity contribution in [3.63, 3.8) is 0 Å². The molecule has 0 heterocycles. The molecule has 0 N–H and O–H groups in total. The lowest BCUT2D eigenvalue weighted by Gasteiger charge is -2.29. The molecule has 0 bridgehead atoms. The third-order valence-corrected chi connectivity index (χ3v) is 5.90. The van der Waals surface area contributed by atoms with Crippen molar-refractivity contribution >= 4 is 24.5 Å². The number of nitrogens with zero attached hydrogens (tertiary/aromatic N) is 1. The van der Waals surface area contributed by atoms with Gasteiger partial charge in [-0.3, -0.25) is 4.79 Å². The zero-order chi connectivity index (χ0) is 24.1. The first-order valence-corrected chi connectivity index (χ1v) is 14.3. The molecule has 0 saturated heterocycles. The Kier molecular flexibility index (Phi) is 18.8. The molecule has 0 aromatic rings. The van der Waals surface area contributed by atoms with Crippen molar-refractivity contribution in [3.05, 3.63) is 48.6 Å². The lowest BCUT2D eigenvalue weighted by atomic mass is 10.2. The molecule has 0 aromatic heterocycles. The fraction of sp³-hybridized carbons (Fsp3) is 0.640. The van der Waals surface area contributed by atoms with Crippen LogP contribution in [0.3, 0.4) is 0 Å². The number of likely N-dealkylation sites (N-methyl/N-ethyl adjacent to an activating group) is 1. The normalized spacial score (nSPS) is 14.8. The predicted octanol–water partition coefficient (Wildman–Crippen LogP) is 5.98. The maximum Gasteiger partial charge on any atom is 0.309 e. The summed E-state index contributed by atoms with van der Waals surface area (Å²) in [5.74, 6) is -0.565. The molecular weight excluding hydrogens is 441 g/mol. The van der Waals surface area contributed by atoms with Gasteiger partial charge in [0.15, 0.2) is 6.72 Å². The Balaban J connectivity index is 3.75. The second kappa shape index (κ2) is 19.4. The Morgan fingerprint density at radius 3 is 1.88 bits per heavy atom. The van der Waals surface area contributed by atoms with Gasteiger partial charge in [0.2, 0.25) is 0 Å². The minimum atomic E-state index is -3.74. The van der Waals surface area contributed by atoms with Crippen LogP contribution in [0.1, 0.15) is 71.1 Å². The van der Waals surface area contributed by atoms with Crippen LogP contribution in [0.4, 0.5) is 0 Å². The van der Waals surface area contributed by atoms with E-state index in [0.717, 1.165) is 25.7 Å². The first-order valence-electron chi connectivity index (χ1n) is 11.7. The maximum absolute atomic E-state index is 12.0. The van der Waals surface area contributed by atoms with Crippen molar-refractivity contribution in [3.8, 4) is 0 Å². The zero-order valence-electron chi connectivity index (χ0n) is 20.5. The van der Waals surface area contributed by atoms with Crippen LogP contribution < -0.4 is 4.89 Å². The summed E-state index contributed by atoms with van der Waals surface area (Å²) in [6.07, 6.45) is 26.8. The van der Waals surface area contributed by atoms with Crippen LogP contribution in [0.25, 0.3) is 0 Å². The molecular formula is C25H44NO4PS. The van der Waals surface area contributed by atoms with Gasteiger partial charge < -0.3 is 18.4 Å². The van der Waals surface area contributed by atoms with Crippen molar-refractivity contribution < 1.29 is 23.2 Å². The maximum atomic E-state index is 12.0. The number of unbranched alkanes of at least 4 members (excludes halogenated alkanes) is 4. The molecule has 0 aliphatic carbocycles. The Hall–Kier alpha value is -1.04. The Morgan fingerprint density at radius 1 is 0.875 bits per heavy atom. The van der Waals surface area contributed by atoms with Crippen molar-refractivity contribution in [2.45, 2.75) is 71.1 Å². The van der Waals surface area contributed by atoms with E-state index in [1.54, 1.807) is 0 Å². The third kappa shape index (κ3) is 23.6. The van der Waals surface area contributed by atoms with Crippen molar-refractivity contribution in [1.29, 1.82) is 0 Å². The molecule has 7 heteroatoms. The average Bonchev–Trinajstić information content (AvgIpc) is 2.68. The van der Waals surface area contributed by atoms with Crippen LogP contribution in [-0.2, 0) is 25.6 Å². The molecule has 1 unspecified atom stereocenters. The molecule has 0 radical (unpaired) electrons. The number of hydrogen-bond acceptors (Lipinski definition) is 5. The minimum absolute atomic E-state index is 0.178. The summed E-state index contributed by atoms with van der Waals surface area (Å²) in [5, 5.41) is 0. The number of quaternary nitrogens is 1. The van der Waals surface area contributed by atoms with Crippen LogP contribution >= 0.6 is 6.72 Å². The van der Waals surface area contributed by atoms with E-state index in [1.807, 2.05) is 27.2 Å². The summed E-state index contributed by atoms with van der Waals surface area (Å²) >= 11 is 4.78. The van der Waals surface area contributed by atoms with Gasteiger partial charge in [-0.05, 0) is 56.8 Å². The van der Waals surface area contributed by atoms with E-state index in [4.69, 9.17) is 20.9 Å². The second-order valence-electron chi connectivity index (χ2n) is 8.74. The number of hydrogen-bond donors (Lipinski definition) is 0. The summed E-state index contributed by atoms with van der Waals surface area (Å²) in [7, 11) is 5.96. The molecule has 0 fully saturated rings. The summed E-state index contributed by atoms with van der Waals surface area (Å²) < 4.78 is 10.6. The van der Waals surface area contributed by atoms with Crippen LogP contribution in [0.2, 0.25) is 0 Å². The SMILES string of the molecule is CCCCCC=CCC=CCC=CCC=CCCCC(=O)OP([O-])(=S)OCC[N+](C)(C)C. The molecule has 1 atom stereocenters. The quantitative estimate of drug-likeness (QED) is 0.0974. The topological polar surface area (TPSA) is 58.6 Å². The molecule has 0 spiro atoms. The highest BCUT2D eigenvalue weighted by Gasteiger charge is 2.13. The molecule has 0 saturated carbocycles. The standard InChI is InChI=1S/C25H44NO4PS/c1-5-6-7-8-9-10-11-12-13-14-15-16-17-18-19-20-21-22-25(27)30-31(28,32)29-24-23-26(2,3)4/h9-10,12-13,15-16,18-19H,5-8,11,14,17,20-24H2,1-4H3. The minimum Gasteiger partial charge on any atom is -0.770 e. The molecule has 184 valence electrons. The fourth-order valence-electron chi connectivity index (χ4n) is 2.55. The Labute approximate surface area is 201 Å². The van der Waals surface area contributed by atoms with Gasteiger partial charge in [-0.15, -0.1) is 0 Å². The number of carbonyl (C=O) groups is 1. The third-order valence-electron chi connectivity index (χ3n) is 4.43. The number of allylic oxidation sites excluding steroid dienone is 8. The molecule has 0 aromatic carbocycles. The van der Waals surface area contributed by atoms with Crippen molar-refractivity contribution in [2.24, 2.45) is 0 Å². The van der Waals surface area contributed by atoms with E-state index in [1.165, 1.54) is 25.7 Å². The summed E-state index contributed by atoms with van der Waals surface area (Å²) in [6, 6.07) is 0. The van der Waals surface area contributed by atoms with Crippen LogP contribution in [0, 0.1) is 0 Å². The van der Waals surface area contributed by atoms with Gasteiger partial charge in [-0.2, -0.15) is 0 Å². The van der Waals surface area contributed by atoms with Gasteiger partial charge in [-0.25, -0.2) is 0 Å². The van der Waals surface area contributed by atoms with Crippen LogP contribution in [0.5, 0.6) is 0 Å². The summed E-state index contributed by atoms with van der Waals surface area (Å²) in [4.78, 5) is 23.8. The van der Waals surface area contributed by atoms with E-state index in [-0.39, 0.29) is 13.0 Å². The van der Waals surface area contributed by atoms with E-state index < -0.39 is 12.7 Å². The summed E-state index contributed by atoms with van der Waals surface area (Å²) in [5.41, 5.74) is 0. The van der Waals surface area contributed by atoms with Crippen LogP contribution in [-0.4, -0.2) is 44.7 Å². The van der Waals surface area contributed by atoms with Crippen molar-refractivity contribution in [2.75, 3.05) is 34.3 Å². The molecule has 5 nitrogen and oxygen atoms in total. The van der Waals surface area contributed by atoms with Gasteiger partial charge in [0.25, 0.3) is 0 Å². The molecule has 0 aliphatic rings. The monoisotopic (exact) mass is 485 g/mol. The Bertz CT molecular complexity index is 651. The highest BCUT2D eigenvalue weighted by molar-refractivity contribution is 8.06. The first-order chi connectivity index (χ1) is 15.2. The molecule has 0 amide bonds. The van der Waals surface area contributed by atoms with E-state index in [9.17, 15) is 9.69 Å². The van der Waals surface area contributed by atoms with Gasteiger partial charge in [-0.1, -0.05) is 68.4 Å². The highest BCUT2D eigenvalue weighted by Crippen LogP contribution is 2.39. The van der Waals surface area contributed by atoms with E-state index >= 15 is 0 Å². The van der Waals surface area contributed by atoms with Crippen LogP contribution in [0.15, 0.2) is 48.6 Å². The van der Waals surface area contributed by atoms with Crippen molar-refractivity contribution in [1.82, 2.24) is 0 Å². The molecule has 0 rings (SSSR count). The molecule has 32 heavy (non-hydrogen) atoms. The highest BCUT2D eigenvalue weighted by atomic mass is 32.5. The van der Waals surface area contributed by atoms with Gasteiger partial charge in [0.1, 0.15) is 13.2 Å². The predicted molar refractivity (Wildman–Crippen MR) is 138 cm³/mol. The fourth-order valence-corrected chi connectivity index (χ4v) is 3.72. The Morgan fingerprint density at radius 2 is 1.38 bits per heavy atom. The first kappa shape index (κ1) is 31.0.